The van der Waals surface area contributed by atoms with Crippen molar-refractivity contribution in [3.8, 4) is 5.75 Å². The molecule has 4 nitrogen and oxygen atoms in total. The second-order valence-corrected chi connectivity index (χ2v) is 5.84. The molecule has 0 radical (unpaired) electrons. The van der Waals surface area contributed by atoms with Gasteiger partial charge in [-0.2, -0.15) is 0 Å². The van der Waals surface area contributed by atoms with Gasteiger partial charge in [0, 0.05) is 17.4 Å². The summed E-state index contributed by atoms with van der Waals surface area (Å²) in [5.41, 5.74) is 4.51. The highest BCUT2D eigenvalue weighted by Gasteiger charge is 2.09. The molecule has 0 saturated carbocycles. The lowest BCUT2D eigenvalue weighted by molar-refractivity contribution is 0.102. The fourth-order valence-electron chi connectivity index (χ4n) is 2.42. The molecule has 0 unspecified atom stereocenters. The number of nitrogens with one attached hydrogen (secondary N) is 1. The zero-order valence-corrected chi connectivity index (χ0v) is 14.3. The van der Waals surface area contributed by atoms with Crippen LogP contribution in [0.2, 0.25) is 0 Å². The van der Waals surface area contributed by atoms with Gasteiger partial charge in [0.25, 0.3) is 5.91 Å². The Hall–Kier alpha value is -3.14. The number of aromatic nitrogens is 1. The zero-order valence-electron chi connectivity index (χ0n) is 14.3. The van der Waals surface area contributed by atoms with Crippen molar-refractivity contribution in [1.29, 1.82) is 0 Å². The maximum absolute atomic E-state index is 12.4. The third-order valence-corrected chi connectivity index (χ3v) is 4.08. The second kappa shape index (κ2) is 7.62. The van der Waals surface area contributed by atoms with Crippen LogP contribution in [0.3, 0.4) is 0 Å². The van der Waals surface area contributed by atoms with Crippen molar-refractivity contribution in [3.63, 3.8) is 0 Å². The number of carbonyl (C=O) groups excluding carboxylic acids is 1. The van der Waals surface area contributed by atoms with Gasteiger partial charge in [0.15, 0.2) is 0 Å². The van der Waals surface area contributed by atoms with Crippen molar-refractivity contribution >= 4 is 11.6 Å². The summed E-state index contributed by atoms with van der Waals surface area (Å²) < 4.78 is 5.69. The third kappa shape index (κ3) is 4.23. The van der Waals surface area contributed by atoms with E-state index < -0.39 is 0 Å². The summed E-state index contributed by atoms with van der Waals surface area (Å²) in [6, 6.07) is 18.7. The van der Waals surface area contributed by atoms with Gasteiger partial charge in [0.2, 0.25) is 0 Å². The van der Waals surface area contributed by atoms with E-state index in [2.05, 4.69) is 10.3 Å². The highest BCUT2D eigenvalue weighted by Crippen LogP contribution is 2.20. The minimum atomic E-state index is -0.134. The normalized spacial score (nSPS) is 10.3. The van der Waals surface area contributed by atoms with E-state index in [4.69, 9.17) is 4.74 Å². The first-order valence-corrected chi connectivity index (χ1v) is 8.14. The smallest absolute Gasteiger partial charge is 0.255 e. The molecule has 0 bridgehead atoms. The fourth-order valence-corrected chi connectivity index (χ4v) is 2.42. The molecule has 0 aliphatic heterocycles. The van der Waals surface area contributed by atoms with Gasteiger partial charge >= 0.3 is 0 Å². The van der Waals surface area contributed by atoms with Gasteiger partial charge in [0.05, 0.1) is 5.69 Å². The van der Waals surface area contributed by atoms with Crippen LogP contribution < -0.4 is 10.1 Å². The average Bonchev–Trinajstić information content (AvgIpc) is 2.65. The molecule has 1 heterocycles. The molecule has 0 fully saturated rings. The number of carbonyl (C=O) groups is 1. The number of pyridine rings is 1. The van der Waals surface area contributed by atoms with Gasteiger partial charge in [-0.15, -0.1) is 0 Å². The van der Waals surface area contributed by atoms with Crippen LogP contribution in [0.4, 0.5) is 5.69 Å². The molecular weight excluding hydrogens is 312 g/mol. The lowest BCUT2D eigenvalue weighted by atomic mass is 10.1. The molecule has 3 rings (SSSR count). The SMILES string of the molecule is Cc1cccc(NC(=O)c2ccc(OCc3ccccn3)cc2)c1C. The molecule has 3 aromatic rings. The first-order valence-electron chi connectivity index (χ1n) is 8.14. The van der Waals surface area contributed by atoms with Gasteiger partial charge in [-0.05, 0) is 67.4 Å². The Labute approximate surface area is 147 Å². The summed E-state index contributed by atoms with van der Waals surface area (Å²) in [7, 11) is 0. The van der Waals surface area contributed by atoms with Crippen LogP contribution in [0, 0.1) is 13.8 Å². The lowest BCUT2D eigenvalue weighted by Crippen LogP contribution is -2.13. The predicted molar refractivity (Wildman–Crippen MR) is 98.9 cm³/mol. The molecule has 1 aromatic heterocycles. The molecule has 0 saturated heterocycles. The van der Waals surface area contributed by atoms with E-state index in [9.17, 15) is 4.79 Å². The van der Waals surface area contributed by atoms with Crippen LogP contribution in [0.25, 0.3) is 0 Å². The quantitative estimate of drug-likeness (QED) is 0.747. The van der Waals surface area contributed by atoms with Crippen LogP contribution in [0.5, 0.6) is 5.75 Å². The molecule has 0 aliphatic rings. The fraction of sp³-hybridized carbons (Fsp3) is 0.143. The van der Waals surface area contributed by atoms with Crippen molar-refractivity contribution in [2.24, 2.45) is 0 Å². The number of ether oxygens (including phenoxy) is 1. The minimum absolute atomic E-state index is 0.134. The Balaban J connectivity index is 1.63. The summed E-state index contributed by atoms with van der Waals surface area (Å²) in [5.74, 6) is 0.568. The number of benzene rings is 2. The van der Waals surface area contributed by atoms with Crippen LogP contribution >= 0.6 is 0 Å². The van der Waals surface area contributed by atoms with E-state index >= 15 is 0 Å². The maximum atomic E-state index is 12.4. The molecule has 0 spiro atoms. The van der Waals surface area contributed by atoms with Crippen molar-refractivity contribution in [2.45, 2.75) is 20.5 Å². The number of aryl methyl sites for hydroxylation is 1. The molecule has 1 N–H and O–H groups in total. The van der Waals surface area contributed by atoms with Gasteiger partial charge in [0.1, 0.15) is 12.4 Å². The van der Waals surface area contributed by atoms with E-state index in [-0.39, 0.29) is 5.91 Å². The van der Waals surface area contributed by atoms with Crippen LogP contribution in [0.1, 0.15) is 27.2 Å². The lowest BCUT2D eigenvalue weighted by Gasteiger charge is -2.11. The number of rotatable bonds is 5. The number of hydrogen-bond donors (Lipinski definition) is 1. The van der Waals surface area contributed by atoms with E-state index in [1.807, 2.05) is 50.2 Å². The number of anilines is 1. The van der Waals surface area contributed by atoms with Crippen LogP contribution in [0.15, 0.2) is 66.9 Å². The Morgan fingerprint density at radius 3 is 2.52 bits per heavy atom. The van der Waals surface area contributed by atoms with Crippen LogP contribution in [-0.2, 0) is 6.61 Å². The van der Waals surface area contributed by atoms with Crippen molar-refractivity contribution in [2.75, 3.05) is 5.32 Å². The highest BCUT2D eigenvalue weighted by molar-refractivity contribution is 6.04. The third-order valence-electron chi connectivity index (χ3n) is 4.08. The summed E-state index contributed by atoms with van der Waals surface area (Å²) >= 11 is 0. The molecule has 0 atom stereocenters. The van der Waals surface area contributed by atoms with E-state index in [0.29, 0.717) is 17.9 Å². The molecule has 126 valence electrons. The molecule has 0 aliphatic carbocycles. The van der Waals surface area contributed by atoms with E-state index in [1.54, 1.807) is 30.5 Å². The second-order valence-electron chi connectivity index (χ2n) is 5.84. The Morgan fingerprint density at radius 2 is 1.80 bits per heavy atom. The van der Waals surface area contributed by atoms with E-state index in [1.165, 1.54) is 0 Å². The van der Waals surface area contributed by atoms with Crippen molar-refractivity contribution < 1.29 is 9.53 Å². The van der Waals surface area contributed by atoms with Gasteiger partial charge in [-0.3, -0.25) is 9.78 Å². The standard InChI is InChI=1S/C21H20N2O2/c1-15-6-5-8-20(16(15)2)23-21(24)17-9-11-19(12-10-17)25-14-18-7-3-4-13-22-18/h3-13H,14H2,1-2H3,(H,23,24). The monoisotopic (exact) mass is 332 g/mol. The summed E-state index contributed by atoms with van der Waals surface area (Å²) in [5, 5.41) is 2.95. The van der Waals surface area contributed by atoms with Crippen molar-refractivity contribution in [3.05, 3.63) is 89.2 Å². The molecule has 25 heavy (non-hydrogen) atoms. The number of nitrogens with zero attached hydrogens (tertiary/aromatic N) is 1. The minimum Gasteiger partial charge on any atom is -0.487 e. The Kier molecular flexibility index (Phi) is 5.09. The van der Waals surface area contributed by atoms with Crippen LogP contribution in [-0.4, -0.2) is 10.9 Å². The first-order chi connectivity index (χ1) is 12.1. The summed E-state index contributed by atoms with van der Waals surface area (Å²) in [6.45, 7) is 4.42. The zero-order chi connectivity index (χ0) is 17.6. The molecule has 4 heteroatoms. The highest BCUT2D eigenvalue weighted by atomic mass is 16.5. The Bertz CT molecular complexity index is 859. The average molecular weight is 332 g/mol. The number of hydrogen-bond acceptors (Lipinski definition) is 3. The largest absolute Gasteiger partial charge is 0.487 e. The topological polar surface area (TPSA) is 51.2 Å². The molecule has 1 amide bonds. The van der Waals surface area contributed by atoms with Gasteiger partial charge in [-0.1, -0.05) is 18.2 Å². The first kappa shape index (κ1) is 16.7. The summed E-state index contributed by atoms with van der Waals surface area (Å²) in [4.78, 5) is 16.6. The summed E-state index contributed by atoms with van der Waals surface area (Å²) in [6.07, 6.45) is 1.74. The van der Waals surface area contributed by atoms with E-state index in [0.717, 1.165) is 22.5 Å². The predicted octanol–water partition coefficient (Wildman–Crippen LogP) is 4.53. The number of amides is 1. The maximum Gasteiger partial charge on any atom is 0.255 e. The van der Waals surface area contributed by atoms with Gasteiger partial charge < -0.3 is 10.1 Å². The Morgan fingerprint density at radius 1 is 1.00 bits per heavy atom. The molecular formula is C21H20N2O2. The van der Waals surface area contributed by atoms with Crippen molar-refractivity contribution in [1.82, 2.24) is 4.98 Å². The van der Waals surface area contributed by atoms with Gasteiger partial charge in [-0.25, -0.2) is 0 Å². The molecule has 2 aromatic carbocycles.